The van der Waals surface area contributed by atoms with Gasteiger partial charge in [-0.3, -0.25) is 0 Å². The van der Waals surface area contributed by atoms with Gasteiger partial charge >= 0.3 is 0 Å². The Labute approximate surface area is 161 Å². The van der Waals surface area contributed by atoms with Gasteiger partial charge in [0.1, 0.15) is 28.7 Å². The molecule has 7 nitrogen and oxygen atoms in total. The molecule has 0 spiro atoms. The average molecular weight is 383 g/mol. The zero-order chi connectivity index (χ0) is 20.1. The third-order valence-corrected chi connectivity index (χ3v) is 5.01. The lowest BCUT2D eigenvalue weighted by atomic mass is 9.97. The standard InChI is InChI=1S/C20H22FN5O2/c1-11(15-7-14(21)6-13-8-20(3,10-22)28-18(13)15)24-17-4-5-26-19(25-17)16(9-23-26)12(2)27/h4-7,9,11,27H,2,8,10,22H2,1,3H3,(H,24,25)/t11-,20+/m1/s1. The zero-order valence-electron chi connectivity index (χ0n) is 15.7. The number of halogens is 1. The molecule has 0 radical (unpaired) electrons. The minimum absolute atomic E-state index is 0.106. The fourth-order valence-electron chi connectivity index (χ4n) is 3.50. The van der Waals surface area contributed by atoms with Crippen LogP contribution in [0.2, 0.25) is 0 Å². The maximum absolute atomic E-state index is 14.2. The average Bonchev–Trinajstić information content (AvgIpc) is 3.21. The summed E-state index contributed by atoms with van der Waals surface area (Å²) in [6, 6.07) is 4.45. The largest absolute Gasteiger partial charge is 0.508 e. The van der Waals surface area contributed by atoms with Gasteiger partial charge in [-0.1, -0.05) is 6.58 Å². The van der Waals surface area contributed by atoms with Crippen LogP contribution in [0.25, 0.3) is 11.4 Å². The van der Waals surface area contributed by atoms with E-state index in [1.165, 1.54) is 18.3 Å². The van der Waals surface area contributed by atoms with Crippen molar-refractivity contribution in [1.29, 1.82) is 0 Å². The number of benzene rings is 1. The summed E-state index contributed by atoms with van der Waals surface area (Å²) in [6.07, 6.45) is 3.79. The van der Waals surface area contributed by atoms with Crippen molar-refractivity contribution in [2.24, 2.45) is 5.73 Å². The fraction of sp³-hybridized carbons (Fsp3) is 0.300. The predicted molar refractivity (Wildman–Crippen MR) is 105 cm³/mol. The van der Waals surface area contributed by atoms with Gasteiger partial charge in [0.2, 0.25) is 0 Å². The second kappa shape index (κ2) is 6.49. The number of nitrogens with one attached hydrogen (secondary N) is 1. The van der Waals surface area contributed by atoms with Gasteiger partial charge < -0.3 is 20.9 Å². The van der Waals surface area contributed by atoms with Crippen molar-refractivity contribution in [3.05, 3.63) is 59.7 Å². The van der Waals surface area contributed by atoms with Crippen molar-refractivity contribution >= 4 is 17.2 Å². The van der Waals surface area contributed by atoms with Crippen LogP contribution >= 0.6 is 0 Å². The van der Waals surface area contributed by atoms with Crippen LogP contribution in [0.3, 0.4) is 0 Å². The first-order chi connectivity index (χ1) is 13.3. The van der Waals surface area contributed by atoms with E-state index in [-0.39, 0.29) is 17.6 Å². The molecule has 0 saturated carbocycles. The molecule has 2 atom stereocenters. The van der Waals surface area contributed by atoms with Crippen LogP contribution in [0, 0.1) is 5.82 Å². The van der Waals surface area contributed by atoms with Crippen LogP contribution in [-0.4, -0.2) is 31.9 Å². The summed E-state index contributed by atoms with van der Waals surface area (Å²) in [5.41, 5.74) is 7.74. The highest BCUT2D eigenvalue weighted by Crippen LogP contribution is 2.41. The van der Waals surface area contributed by atoms with Crippen LogP contribution in [-0.2, 0) is 6.42 Å². The Bertz CT molecular complexity index is 1080. The first kappa shape index (κ1) is 18.2. The zero-order valence-corrected chi connectivity index (χ0v) is 15.7. The van der Waals surface area contributed by atoms with Gasteiger partial charge in [-0.2, -0.15) is 5.10 Å². The quantitative estimate of drug-likeness (QED) is 0.585. The summed E-state index contributed by atoms with van der Waals surface area (Å²) in [5, 5.41) is 17.1. The number of nitrogens with two attached hydrogens (primary N) is 1. The molecule has 3 heterocycles. The van der Waals surface area contributed by atoms with Crippen molar-refractivity contribution in [3.63, 3.8) is 0 Å². The van der Waals surface area contributed by atoms with Crippen LogP contribution < -0.4 is 15.8 Å². The number of rotatable bonds is 5. The molecule has 146 valence electrons. The number of aliphatic hydroxyl groups excluding tert-OH is 1. The summed E-state index contributed by atoms with van der Waals surface area (Å²) in [5.74, 6) is 0.806. The van der Waals surface area contributed by atoms with Crippen molar-refractivity contribution in [2.75, 3.05) is 11.9 Å². The summed E-state index contributed by atoms with van der Waals surface area (Å²) in [4.78, 5) is 4.50. The highest BCUT2D eigenvalue weighted by molar-refractivity contribution is 5.70. The maximum atomic E-state index is 14.2. The molecule has 3 aromatic rings. The SMILES string of the molecule is C=C(O)c1cnn2ccc(N[C@H](C)c3cc(F)cc4c3O[C@](C)(CN)C4)nc12. The van der Waals surface area contributed by atoms with E-state index in [9.17, 15) is 9.50 Å². The first-order valence-corrected chi connectivity index (χ1v) is 9.00. The second-order valence-electron chi connectivity index (χ2n) is 7.37. The fourth-order valence-corrected chi connectivity index (χ4v) is 3.50. The normalized spacial score (nSPS) is 19.3. The smallest absolute Gasteiger partial charge is 0.168 e. The van der Waals surface area contributed by atoms with Crippen molar-refractivity contribution < 1.29 is 14.2 Å². The molecule has 4 rings (SSSR count). The van der Waals surface area contributed by atoms with E-state index in [0.29, 0.717) is 41.3 Å². The van der Waals surface area contributed by atoms with Crippen LogP contribution in [0.15, 0.2) is 37.2 Å². The third-order valence-electron chi connectivity index (χ3n) is 5.01. The molecule has 1 aromatic carbocycles. The summed E-state index contributed by atoms with van der Waals surface area (Å²) in [6.45, 7) is 7.70. The lowest BCUT2D eigenvalue weighted by molar-refractivity contribution is 0.124. The summed E-state index contributed by atoms with van der Waals surface area (Å²) < 4.78 is 21.8. The lowest BCUT2D eigenvalue weighted by Crippen LogP contribution is -2.39. The molecule has 0 amide bonds. The van der Waals surface area contributed by atoms with E-state index in [0.717, 1.165) is 5.56 Å². The van der Waals surface area contributed by atoms with Crippen molar-refractivity contribution in [3.8, 4) is 5.75 Å². The van der Waals surface area contributed by atoms with Crippen molar-refractivity contribution in [1.82, 2.24) is 14.6 Å². The molecule has 28 heavy (non-hydrogen) atoms. The molecule has 1 aliphatic rings. The lowest BCUT2D eigenvalue weighted by Gasteiger charge is -2.23. The van der Waals surface area contributed by atoms with Gasteiger partial charge in [0.15, 0.2) is 5.65 Å². The Balaban J connectivity index is 1.67. The number of hydrogen-bond acceptors (Lipinski definition) is 6. The monoisotopic (exact) mass is 383 g/mol. The maximum Gasteiger partial charge on any atom is 0.168 e. The number of anilines is 1. The van der Waals surface area contributed by atoms with Gasteiger partial charge in [0.05, 0.1) is 17.8 Å². The molecule has 1 aliphatic heterocycles. The Morgan fingerprint density at radius 2 is 2.32 bits per heavy atom. The first-order valence-electron chi connectivity index (χ1n) is 9.00. The molecule has 0 fully saturated rings. The highest BCUT2D eigenvalue weighted by atomic mass is 19.1. The number of ether oxygens (including phenoxy) is 1. The van der Waals surface area contributed by atoms with E-state index in [1.807, 2.05) is 13.8 Å². The molecule has 8 heteroatoms. The van der Waals surface area contributed by atoms with Gasteiger partial charge in [-0.15, -0.1) is 0 Å². The molecule has 4 N–H and O–H groups in total. The minimum Gasteiger partial charge on any atom is -0.508 e. The van der Waals surface area contributed by atoms with E-state index >= 15 is 0 Å². The highest BCUT2D eigenvalue weighted by Gasteiger charge is 2.36. The van der Waals surface area contributed by atoms with Gasteiger partial charge in [0.25, 0.3) is 0 Å². The van der Waals surface area contributed by atoms with E-state index in [2.05, 4.69) is 22.0 Å². The molecular weight excluding hydrogens is 361 g/mol. The van der Waals surface area contributed by atoms with Crippen LogP contribution in [0.5, 0.6) is 5.75 Å². The van der Waals surface area contributed by atoms with Gasteiger partial charge in [-0.05, 0) is 32.0 Å². The molecule has 2 aromatic heterocycles. The molecule has 0 aliphatic carbocycles. The molecular formula is C20H22FN5O2. The molecule has 0 bridgehead atoms. The van der Waals surface area contributed by atoms with Gasteiger partial charge in [0, 0.05) is 30.3 Å². The van der Waals surface area contributed by atoms with E-state index in [4.69, 9.17) is 10.5 Å². The Morgan fingerprint density at radius 3 is 3.04 bits per heavy atom. The molecule has 0 saturated heterocycles. The Morgan fingerprint density at radius 1 is 1.54 bits per heavy atom. The number of fused-ring (bicyclic) bond motifs is 2. The second-order valence-corrected chi connectivity index (χ2v) is 7.37. The third kappa shape index (κ3) is 3.05. The number of aliphatic hydroxyl groups is 1. The Kier molecular flexibility index (Phi) is 4.23. The topological polar surface area (TPSA) is 97.7 Å². The van der Waals surface area contributed by atoms with E-state index < -0.39 is 5.60 Å². The molecule has 0 unspecified atom stereocenters. The van der Waals surface area contributed by atoms with Crippen molar-refractivity contribution in [2.45, 2.75) is 31.9 Å². The number of hydrogen-bond donors (Lipinski definition) is 3. The number of aromatic nitrogens is 3. The van der Waals surface area contributed by atoms with Crippen LogP contribution in [0.1, 0.15) is 36.6 Å². The van der Waals surface area contributed by atoms with Crippen LogP contribution in [0.4, 0.5) is 10.2 Å². The summed E-state index contributed by atoms with van der Waals surface area (Å²) in [7, 11) is 0. The van der Waals surface area contributed by atoms with E-state index in [1.54, 1.807) is 16.8 Å². The van der Waals surface area contributed by atoms with Gasteiger partial charge in [-0.25, -0.2) is 13.9 Å². The number of nitrogens with zero attached hydrogens (tertiary/aromatic N) is 3. The predicted octanol–water partition coefficient (Wildman–Crippen LogP) is 3.22. The summed E-state index contributed by atoms with van der Waals surface area (Å²) >= 11 is 0. The minimum atomic E-state index is -0.532. The Hall–Kier alpha value is -3.13.